The first-order valence-corrected chi connectivity index (χ1v) is 16.8. The highest BCUT2D eigenvalue weighted by atomic mass is 79.9. The van der Waals surface area contributed by atoms with Crippen molar-refractivity contribution in [2.24, 2.45) is 0 Å². The van der Waals surface area contributed by atoms with Crippen LogP contribution in [0.4, 0.5) is 10.1 Å². The average Bonchev–Trinajstić information content (AvgIpc) is 3.37. The number of allylic oxidation sites excluding steroid dienone is 1. The monoisotopic (exact) mass is 662 g/mol. The zero-order valence-electron chi connectivity index (χ0n) is 26.0. The second kappa shape index (κ2) is 20.8. The number of halogens is 2. The van der Waals surface area contributed by atoms with Gasteiger partial charge in [0.15, 0.2) is 11.6 Å². The number of unbranched alkanes of at least 4 members (excludes halogenated alkanes) is 11. The standard InChI is InChI=1S/C35H51FN2O2S.BrH/c1-4-5-6-7-8-9-10-11-12-13-14-17-24-40-35-21-20-31(25-33(35)36)22-23-38(30(3)39)34-19-16-15-18-32(34)27-37-26-29(2)41-28-37;/h15-16,18-21,25-26H,4-14,17,22-24,27-28H2,1-3H3;1H. The number of ether oxygens (including phenoxy) is 1. The van der Waals surface area contributed by atoms with Crippen LogP contribution in [0.2, 0.25) is 0 Å². The van der Waals surface area contributed by atoms with Crippen molar-refractivity contribution in [2.45, 2.75) is 111 Å². The number of nitrogens with zero attached hydrogens (tertiary/aromatic N) is 2. The Morgan fingerprint density at radius 2 is 1.60 bits per heavy atom. The number of hydrogen-bond donors (Lipinski definition) is 0. The van der Waals surface area contributed by atoms with Gasteiger partial charge >= 0.3 is 0 Å². The Morgan fingerprint density at radius 1 is 0.952 bits per heavy atom. The van der Waals surface area contributed by atoms with Crippen molar-refractivity contribution in [2.75, 3.05) is 23.9 Å². The summed E-state index contributed by atoms with van der Waals surface area (Å²) in [7, 11) is 0. The van der Waals surface area contributed by atoms with Gasteiger partial charge in [0.25, 0.3) is 0 Å². The Kier molecular flexibility index (Phi) is 18.0. The summed E-state index contributed by atoms with van der Waals surface area (Å²) < 4.78 is 20.6. The minimum Gasteiger partial charge on any atom is -0.491 e. The molecular formula is C35H52BrFN2O2S. The number of para-hydroxylation sites is 1. The van der Waals surface area contributed by atoms with Gasteiger partial charge in [0.2, 0.25) is 5.91 Å². The van der Waals surface area contributed by atoms with Crippen LogP contribution < -0.4 is 9.64 Å². The third-order valence-electron chi connectivity index (χ3n) is 7.73. The molecule has 0 saturated heterocycles. The smallest absolute Gasteiger partial charge is 0.223 e. The predicted molar refractivity (Wildman–Crippen MR) is 183 cm³/mol. The lowest BCUT2D eigenvalue weighted by atomic mass is 10.1. The zero-order valence-corrected chi connectivity index (χ0v) is 28.6. The van der Waals surface area contributed by atoms with Crippen LogP contribution in [-0.2, 0) is 17.8 Å². The lowest BCUT2D eigenvalue weighted by Crippen LogP contribution is -2.32. The molecule has 0 saturated carbocycles. The van der Waals surface area contributed by atoms with Gasteiger partial charge in [-0.15, -0.1) is 28.7 Å². The minimum absolute atomic E-state index is 0. The van der Waals surface area contributed by atoms with E-state index in [1.54, 1.807) is 19.1 Å². The molecule has 0 fully saturated rings. The van der Waals surface area contributed by atoms with Crippen molar-refractivity contribution < 1.29 is 13.9 Å². The van der Waals surface area contributed by atoms with Crippen molar-refractivity contribution in [3.63, 3.8) is 0 Å². The van der Waals surface area contributed by atoms with E-state index in [-0.39, 0.29) is 28.7 Å². The minimum atomic E-state index is -0.329. The lowest BCUT2D eigenvalue weighted by Gasteiger charge is -2.26. The molecule has 0 aromatic heterocycles. The average molecular weight is 664 g/mol. The van der Waals surface area contributed by atoms with E-state index in [1.807, 2.05) is 40.9 Å². The van der Waals surface area contributed by atoms with Gasteiger partial charge in [-0.25, -0.2) is 4.39 Å². The van der Waals surface area contributed by atoms with Crippen molar-refractivity contribution in [3.8, 4) is 5.75 Å². The fraction of sp³-hybridized carbons (Fsp3) is 0.571. The normalized spacial score (nSPS) is 12.7. The first-order chi connectivity index (χ1) is 20.0. The summed E-state index contributed by atoms with van der Waals surface area (Å²) in [5, 5.41) is 0. The van der Waals surface area contributed by atoms with E-state index in [2.05, 4.69) is 31.0 Å². The van der Waals surface area contributed by atoms with E-state index in [0.717, 1.165) is 42.1 Å². The Bertz CT molecular complexity index is 1100. The molecule has 0 bridgehead atoms. The zero-order chi connectivity index (χ0) is 29.3. The molecule has 1 amide bonds. The molecule has 0 atom stereocenters. The Hall–Kier alpha value is -1.99. The molecule has 0 aliphatic carbocycles. The molecule has 4 nitrogen and oxygen atoms in total. The number of amides is 1. The van der Waals surface area contributed by atoms with E-state index < -0.39 is 0 Å². The van der Waals surface area contributed by atoms with Gasteiger partial charge in [0.1, 0.15) is 0 Å². The first-order valence-electron chi connectivity index (χ1n) is 15.8. The Balaban J connectivity index is 0.00000616. The quantitative estimate of drug-likeness (QED) is 0.132. The fourth-order valence-electron chi connectivity index (χ4n) is 5.36. The number of carbonyl (C=O) groups is 1. The number of rotatable bonds is 20. The van der Waals surface area contributed by atoms with Gasteiger partial charge in [-0.05, 0) is 54.0 Å². The summed E-state index contributed by atoms with van der Waals surface area (Å²) in [6.45, 7) is 7.78. The second-order valence-electron chi connectivity index (χ2n) is 11.3. The van der Waals surface area contributed by atoms with Gasteiger partial charge in [0.05, 0.1) is 12.5 Å². The highest BCUT2D eigenvalue weighted by Crippen LogP contribution is 2.29. The lowest BCUT2D eigenvalue weighted by molar-refractivity contribution is -0.116. The maximum atomic E-state index is 14.8. The summed E-state index contributed by atoms with van der Waals surface area (Å²) in [5.41, 5.74) is 2.89. The molecule has 2 aromatic rings. The van der Waals surface area contributed by atoms with E-state index in [9.17, 15) is 9.18 Å². The van der Waals surface area contributed by atoms with Gasteiger partial charge in [-0.2, -0.15) is 0 Å². The molecule has 3 rings (SSSR count). The third-order valence-corrected chi connectivity index (χ3v) is 8.76. The van der Waals surface area contributed by atoms with Crippen LogP contribution in [-0.4, -0.2) is 29.8 Å². The topological polar surface area (TPSA) is 32.8 Å². The first kappa shape index (κ1) is 36.2. The molecule has 0 N–H and O–H groups in total. The maximum absolute atomic E-state index is 14.8. The SMILES string of the molecule is Br.CCCCCCCCCCCCCCOc1ccc(CCN(C(C)=O)c2ccccc2CN2C=C(C)SC2)cc1F. The Labute approximate surface area is 269 Å². The number of benzene rings is 2. The Morgan fingerprint density at radius 3 is 2.19 bits per heavy atom. The van der Waals surface area contributed by atoms with Gasteiger partial charge in [-0.1, -0.05) is 102 Å². The van der Waals surface area contributed by atoms with Crippen LogP contribution >= 0.6 is 28.7 Å². The molecule has 0 radical (unpaired) electrons. The molecule has 2 aromatic carbocycles. The van der Waals surface area contributed by atoms with Crippen LogP contribution in [0.3, 0.4) is 0 Å². The molecule has 1 heterocycles. The number of hydrogen-bond acceptors (Lipinski definition) is 4. The molecule has 234 valence electrons. The van der Waals surface area contributed by atoms with Crippen molar-refractivity contribution >= 4 is 40.3 Å². The second-order valence-corrected chi connectivity index (χ2v) is 12.5. The van der Waals surface area contributed by atoms with Crippen LogP contribution in [0.1, 0.15) is 109 Å². The molecule has 42 heavy (non-hydrogen) atoms. The molecular weight excluding hydrogens is 611 g/mol. The predicted octanol–water partition coefficient (Wildman–Crippen LogP) is 10.4. The van der Waals surface area contributed by atoms with Gasteiger partial charge < -0.3 is 14.5 Å². The molecule has 1 aliphatic rings. The van der Waals surface area contributed by atoms with Crippen molar-refractivity contribution in [3.05, 3.63) is 70.5 Å². The van der Waals surface area contributed by atoms with E-state index in [1.165, 1.54) is 69.1 Å². The van der Waals surface area contributed by atoms with Crippen LogP contribution in [0.5, 0.6) is 5.75 Å². The van der Waals surface area contributed by atoms with Crippen LogP contribution in [0, 0.1) is 5.82 Å². The molecule has 0 spiro atoms. The molecule has 1 aliphatic heterocycles. The van der Waals surface area contributed by atoms with Gasteiger partial charge in [-0.3, -0.25) is 4.79 Å². The third kappa shape index (κ3) is 13.1. The van der Waals surface area contributed by atoms with E-state index in [0.29, 0.717) is 25.3 Å². The summed E-state index contributed by atoms with van der Waals surface area (Å²) in [4.78, 5) is 18.0. The summed E-state index contributed by atoms with van der Waals surface area (Å²) >= 11 is 1.83. The van der Waals surface area contributed by atoms with E-state index in [4.69, 9.17) is 4.74 Å². The summed E-state index contributed by atoms with van der Waals surface area (Å²) in [6, 6.07) is 13.3. The number of thioether (sulfide) groups is 1. The van der Waals surface area contributed by atoms with E-state index >= 15 is 0 Å². The highest BCUT2D eigenvalue weighted by molar-refractivity contribution is 8.93. The van der Waals surface area contributed by atoms with Crippen LogP contribution in [0.25, 0.3) is 0 Å². The highest BCUT2D eigenvalue weighted by Gasteiger charge is 2.18. The fourth-order valence-corrected chi connectivity index (χ4v) is 6.12. The molecule has 0 unspecified atom stereocenters. The van der Waals surface area contributed by atoms with Crippen molar-refractivity contribution in [1.82, 2.24) is 4.90 Å². The maximum Gasteiger partial charge on any atom is 0.223 e. The summed E-state index contributed by atoms with van der Waals surface area (Å²) in [5.74, 6) is 0.901. The number of anilines is 1. The summed E-state index contributed by atoms with van der Waals surface area (Å²) in [6.07, 6.45) is 18.3. The largest absolute Gasteiger partial charge is 0.491 e. The molecule has 7 heteroatoms. The number of carbonyl (C=O) groups excluding carboxylic acids is 1. The van der Waals surface area contributed by atoms with Crippen molar-refractivity contribution in [1.29, 1.82) is 0 Å². The van der Waals surface area contributed by atoms with Gasteiger partial charge in [0, 0.05) is 31.9 Å². The van der Waals surface area contributed by atoms with Crippen LogP contribution in [0.15, 0.2) is 53.6 Å².